The maximum Gasteiger partial charge on any atom is 0.0467 e. The van der Waals surface area contributed by atoms with E-state index in [4.69, 9.17) is 0 Å². The van der Waals surface area contributed by atoms with Gasteiger partial charge in [0.05, 0.1) is 0 Å². The van der Waals surface area contributed by atoms with Crippen LogP contribution >= 0.6 is 0 Å². The predicted molar refractivity (Wildman–Crippen MR) is 227 cm³/mol. The summed E-state index contributed by atoms with van der Waals surface area (Å²) >= 11 is 0. The van der Waals surface area contributed by atoms with Crippen LogP contribution in [0.2, 0.25) is 0 Å². The minimum Gasteiger partial charge on any atom is -0.355 e. The average Bonchev–Trinajstić information content (AvgIpc) is 3.80. The first-order valence-corrected chi connectivity index (χ1v) is 18.6. The van der Waals surface area contributed by atoms with Gasteiger partial charge in [0.1, 0.15) is 0 Å². The van der Waals surface area contributed by atoms with Gasteiger partial charge < -0.3 is 5.32 Å². The summed E-state index contributed by atoms with van der Waals surface area (Å²) in [5.41, 5.74) is 17.7. The number of hydrogen-bond acceptors (Lipinski definition) is 1. The van der Waals surface area contributed by atoms with E-state index in [1.54, 1.807) is 0 Å². The summed E-state index contributed by atoms with van der Waals surface area (Å²) in [5.74, 6) is 0. The van der Waals surface area contributed by atoms with Crippen molar-refractivity contribution in [2.45, 2.75) is 25.7 Å². The van der Waals surface area contributed by atoms with Crippen molar-refractivity contribution < 1.29 is 0 Å². The third-order valence-electron chi connectivity index (χ3n) is 11.5. The highest BCUT2D eigenvalue weighted by atomic mass is 14.9. The maximum absolute atomic E-state index is 3.97. The number of para-hydroxylation sites is 1. The van der Waals surface area contributed by atoms with Crippen LogP contribution in [0, 0.1) is 0 Å². The standard InChI is InChI=1S/C52H39N/c1-52(2)46-32-45(37-27-25-36(26-28-37)34-15-5-3-6-16-34)41-20-9-11-22-43(41)50(46)51-44-23-12-10-21-42(44)49(33-47(51)52)53-48-24-14-13-19-40(48)39-30-29-38(31-39)35-17-7-4-8-18-35/h3-30,32-33,53H,31H2,1-2H3. The van der Waals surface area contributed by atoms with Gasteiger partial charge in [-0.15, -0.1) is 0 Å². The van der Waals surface area contributed by atoms with Gasteiger partial charge in [0, 0.05) is 27.7 Å². The van der Waals surface area contributed by atoms with Crippen molar-refractivity contribution in [2.75, 3.05) is 5.32 Å². The van der Waals surface area contributed by atoms with Gasteiger partial charge in [-0.1, -0.05) is 178 Å². The molecule has 2 aliphatic carbocycles. The third-order valence-corrected chi connectivity index (χ3v) is 11.5. The quantitative estimate of drug-likeness (QED) is 0.185. The normalized spacial score (nSPS) is 14.2. The van der Waals surface area contributed by atoms with E-state index in [-0.39, 0.29) is 5.41 Å². The second-order valence-electron chi connectivity index (χ2n) is 15.0. The molecule has 0 atom stereocenters. The molecule has 0 amide bonds. The van der Waals surface area contributed by atoms with E-state index in [0.29, 0.717) is 0 Å². The summed E-state index contributed by atoms with van der Waals surface area (Å²) in [4.78, 5) is 0. The Labute approximate surface area is 311 Å². The molecule has 0 spiro atoms. The summed E-state index contributed by atoms with van der Waals surface area (Å²) in [6.45, 7) is 4.81. The number of benzene rings is 8. The Morgan fingerprint density at radius 2 is 0.906 bits per heavy atom. The van der Waals surface area contributed by atoms with Gasteiger partial charge >= 0.3 is 0 Å². The number of allylic oxidation sites excluding steroid dienone is 4. The molecule has 252 valence electrons. The monoisotopic (exact) mass is 677 g/mol. The van der Waals surface area contributed by atoms with Crippen molar-refractivity contribution in [1.82, 2.24) is 0 Å². The molecular formula is C52H39N. The molecule has 1 N–H and O–H groups in total. The summed E-state index contributed by atoms with van der Waals surface area (Å²) in [5, 5.41) is 9.09. The van der Waals surface area contributed by atoms with Crippen molar-refractivity contribution in [3.05, 3.63) is 204 Å². The van der Waals surface area contributed by atoms with Crippen LogP contribution in [-0.2, 0) is 5.41 Å². The zero-order valence-corrected chi connectivity index (χ0v) is 30.0. The lowest BCUT2D eigenvalue weighted by Crippen LogP contribution is -2.15. The number of rotatable bonds is 6. The summed E-state index contributed by atoms with van der Waals surface area (Å²) in [7, 11) is 0. The Balaban J connectivity index is 1.08. The van der Waals surface area contributed by atoms with Gasteiger partial charge in [0.25, 0.3) is 0 Å². The lowest BCUT2D eigenvalue weighted by atomic mass is 9.80. The predicted octanol–water partition coefficient (Wildman–Crippen LogP) is 14.2. The topological polar surface area (TPSA) is 12.0 Å². The Kier molecular flexibility index (Phi) is 7.30. The first-order chi connectivity index (χ1) is 26.0. The van der Waals surface area contributed by atoms with E-state index < -0.39 is 0 Å². The average molecular weight is 678 g/mol. The Morgan fingerprint density at radius 3 is 1.62 bits per heavy atom. The van der Waals surface area contributed by atoms with E-state index in [9.17, 15) is 0 Å². The van der Waals surface area contributed by atoms with E-state index in [0.717, 1.165) is 17.8 Å². The molecule has 53 heavy (non-hydrogen) atoms. The highest BCUT2D eigenvalue weighted by Crippen LogP contribution is 2.56. The molecule has 0 aliphatic heterocycles. The second-order valence-corrected chi connectivity index (χ2v) is 15.0. The van der Waals surface area contributed by atoms with Crippen LogP contribution in [0.3, 0.4) is 0 Å². The Hall–Kier alpha value is -6.44. The molecule has 10 rings (SSSR count). The van der Waals surface area contributed by atoms with Crippen molar-refractivity contribution in [1.29, 1.82) is 0 Å². The van der Waals surface area contributed by atoms with E-state index in [1.165, 1.54) is 88.3 Å². The molecule has 1 heteroatoms. The Bertz CT molecular complexity index is 2770. The fourth-order valence-corrected chi connectivity index (χ4v) is 8.81. The first kappa shape index (κ1) is 31.3. The van der Waals surface area contributed by atoms with Crippen molar-refractivity contribution in [3.63, 3.8) is 0 Å². The number of fused-ring (bicyclic) bond motifs is 7. The lowest BCUT2D eigenvalue weighted by Gasteiger charge is -2.24. The molecular weight excluding hydrogens is 639 g/mol. The Morgan fingerprint density at radius 1 is 0.396 bits per heavy atom. The van der Waals surface area contributed by atoms with Gasteiger partial charge in [-0.3, -0.25) is 0 Å². The number of hydrogen-bond donors (Lipinski definition) is 1. The van der Waals surface area contributed by atoms with Gasteiger partial charge in [-0.25, -0.2) is 0 Å². The SMILES string of the molecule is CC1(C)c2cc(Nc3ccccc3C3=CC=C(c4ccccc4)C3)c3ccccc3c2-c2c1cc(-c1ccc(-c3ccccc3)cc1)c1ccccc21. The van der Waals surface area contributed by atoms with Gasteiger partial charge in [-0.05, 0) is 102 Å². The molecule has 8 aromatic rings. The van der Waals surface area contributed by atoms with Crippen LogP contribution in [0.5, 0.6) is 0 Å². The molecule has 0 fully saturated rings. The summed E-state index contributed by atoms with van der Waals surface area (Å²) in [6.07, 6.45) is 5.49. The second kappa shape index (κ2) is 12.4. The zero-order valence-electron chi connectivity index (χ0n) is 30.0. The van der Waals surface area contributed by atoms with Crippen molar-refractivity contribution in [2.24, 2.45) is 0 Å². The molecule has 0 heterocycles. The van der Waals surface area contributed by atoms with E-state index in [1.807, 2.05) is 0 Å². The zero-order chi connectivity index (χ0) is 35.5. The molecule has 8 aromatic carbocycles. The minimum absolute atomic E-state index is 0.212. The molecule has 0 unspecified atom stereocenters. The number of anilines is 2. The van der Waals surface area contributed by atoms with Crippen LogP contribution in [0.1, 0.15) is 42.5 Å². The molecule has 0 saturated carbocycles. The first-order valence-electron chi connectivity index (χ1n) is 18.6. The molecule has 1 nitrogen and oxygen atoms in total. The van der Waals surface area contributed by atoms with E-state index >= 15 is 0 Å². The van der Waals surface area contributed by atoms with Crippen LogP contribution < -0.4 is 5.32 Å². The van der Waals surface area contributed by atoms with Gasteiger partial charge in [-0.2, -0.15) is 0 Å². The maximum atomic E-state index is 3.97. The summed E-state index contributed by atoms with van der Waals surface area (Å²) < 4.78 is 0. The van der Waals surface area contributed by atoms with Crippen molar-refractivity contribution >= 4 is 44.1 Å². The molecule has 0 saturated heterocycles. The summed E-state index contributed by atoms with van der Waals surface area (Å²) in [6, 6.07) is 62.1. The third kappa shape index (κ3) is 5.15. The van der Waals surface area contributed by atoms with Gasteiger partial charge in [0.15, 0.2) is 0 Å². The molecule has 0 radical (unpaired) electrons. The van der Waals surface area contributed by atoms with Crippen LogP contribution in [0.15, 0.2) is 182 Å². The largest absolute Gasteiger partial charge is 0.355 e. The fourth-order valence-electron chi connectivity index (χ4n) is 8.81. The van der Waals surface area contributed by atoms with Gasteiger partial charge in [0.2, 0.25) is 0 Å². The smallest absolute Gasteiger partial charge is 0.0467 e. The van der Waals surface area contributed by atoms with E-state index in [2.05, 4.69) is 201 Å². The minimum atomic E-state index is -0.212. The van der Waals surface area contributed by atoms with Crippen LogP contribution in [-0.4, -0.2) is 0 Å². The highest BCUT2D eigenvalue weighted by molar-refractivity contribution is 6.16. The molecule has 0 aromatic heterocycles. The molecule has 0 bridgehead atoms. The number of nitrogens with one attached hydrogen (secondary N) is 1. The lowest BCUT2D eigenvalue weighted by molar-refractivity contribution is 0.661. The van der Waals surface area contributed by atoms with Crippen molar-refractivity contribution in [3.8, 4) is 33.4 Å². The fraction of sp³-hybridized carbons (Fsp3) is 0.0769. The highest BCUT2D eigenvalue weighted by Gasteiger charge is 2.39. The van der Waals surface area contributed by atoms with Crippen LogP contribution in [0.25, 0.3) is 66.1 Å². The van der Waals surface area contributed by atoms with Crippen LogP contribution in [0.4, 0.5) is 11.4 Å². The molecule has 2 aliphatic rings.